The molecular formula is C20H24N4O4S2. The van der Waals surface area contributed by atoms with Gasteiger partial charge in [0, 0.05) is 31.8 Å². The fourth-order valence-corrected chi connectivity index (χ4v) is 5.07. The van der Waals surface area contributed by atoms with Crippen LogP contribution in [0.25, 0.3) is 10.2 Å². The SMILES string of the molecule is C=CCn1c(=NC(=O)CSCC(=O)N2CCC(C)CC2)sc2cc([N+](=O)[O-])ccc21. The van der Waals surface area contributed by atoms with Crippen molar-refractivity contribution in [2.24, 2.45) is 10.9 Å². The van der Waals surface area contributed by atoms with Gasteiger partial charge in [0.2, 0.25) is 5.91 Å². The van der Waals surface area contributed by atoms with E-state index in [1.807, 2.05) is 4.90 Å². The Labute approximate surface area is 182 Å². The van der Waals surface area contributed by atoms with Crippen molar-refractivity contribution < 1.29 is 14.5 Å². The van der Waals surface area contributed by atoms with Gasteiger partial charge in [0.05, 0.1) is 26.6 Å². The normalized spacial score (nSPS) is 15.5. The summed E-state index contributed by atoms with van der Waals surface area (Å²) in [5.41, 5.74) is 0.757. The first-order valence-corrected chi connectivity index (χ1v) is 11.7. The van der Waals surface area contributed by atoms with Crippen LogP contribution in [0.5, 0.6) is 0 Å². The second kappa shape index (κ2) is 10.0. The molecule has 0 N–H and O–H groups in total. The number of nitrogens with zero attached hydrogens (tertiary/aromatic N) is 4. The Balaban J connectivity index is 1.68. The number of thioether (sulfide) groups is 1. The van der Waals surface area contributed by atoms with E-state index in [1.54, 1.807) is 16.7 Å². The van der Waals surface area contributed by atoms with Crippen LogP contribution < -0.4 is 4.80 Å². The summed E-state index contributed by atoms with van der Waals surface area (Å²) in [6, 6.07) is 4.57. The number of fused-ring (bicyclic) bond motifs is 1. The van der Waals surface area contributed by atoms with Gasteiger partial charge in [-0.05, 0) is 24.8 Å². The third-order valence-electron chi connectivity index (χ3n) is 5.00. The van der Waals surface area contributed by atoms with Crippen molar-refractivity contribution in [2.45, 2.75) is 26.3 Å². The van der Waals surface area contributed by atoms with Crippen LogP contribution in [0.3, 0.4) is 0 Å². The molecule has 1 saturated heterocycles. The zero-order chi connectivity index (χ0) is 21.7. The first kappa shape index (κ1) is 22.2. The zero-order valence-electron chi connectivity index (χ0n) is 16.8. The summed E-state index contributed by atoms with van der Waals surface area (Å²) in [5.74, 6) is 0.765. The standard InChI is InChI=1S/C20H24N4O4S2/c1-3-8-23-16-5-4-15(24(27)28)11-17(16)30-20(23)21-18(25)12-29-13-19(26)22-9-6-14(2)7-10-22/h3-5,11,14H,1,6-10,12-13H2,2H3. The second-order valence-corrected chi connectivity index (χ2v) is 9.25. The first-order chi connectivity index (χ1) is 14.4. The number of likely N-dealkylation sites (tertiary alicyclic amines) is 1. The number of nitro benzene ring substituents is 1. The van der Waals surface area contributed by atoms with Crippen molar-refractivity contribution in [3.8, 4) is 0 Å². The van der Waals surface area contributed by atoms with E-state index in [0.29, 0.717) is 22.0 Å². The van der Waals surface area contributed by atoms with Gasteiger partial charge in [0.15, 0.2) is 4.80 Å². The average molecular weight is 449 g/mol. The number of rotatable bonds is 7. The third kappa shape index (κ3) is 5.37. The molecule has 160 valence electrons. The van der Waals surface area contributed by atoms with Gasteiger partial charge in [-0.3, -0.25) is 19.7 Å². The maximum Gasteiger partial charge on any atom is 0.270 e. The highest BCUT2D eigenvalue weighted by Gasteiger charge is 2.20. The molecular weight excluding hydrogens is 424 g/mol. The van der Waals surface area contributed by atoms with E-state index in [-0.39, 0.29) is 29.0 Å². The van der Waals surface area contributed by atoms with E-state index in [1.165, 1.54) is 35.2 Å². The predicted molar refractivity (Wildman–Crippen MR) is 120 cm³/mol. The number of carbonyl (C=O) groups is 2. The molecule has 0 spiro atoms. The molecule has 0 radical (unpaired) electrons. The Bertz CT molecular complexity index is 1040. The molecule has 0 saturated carbocycles. The van der Waals surface area contributed by atoms with E-state index in [9.17, 15) is 19.7 Å². The van der Waals surface area contributed by atoms with Gasteiger partial charge in [0.25, 0.3) is 11.6 Å². The Hall–Kier alpha value is -2.46. The summed E-state index contributed by atoms with van der Waals surface area (Å²) in [6.07, 6.45) is 3.74. The van der Waals surface area contributed by atoms with Gasteiger partial charge >= 0.3 is 0 Å². The lowest BCUT2D eigenvalue weighted by atomic mass is 9.99. The van der Waals surface area contributed by atoms with E-state index >= 15 is 0 Å². The van der Waals surface area contributed by atoms with Crippen LogP contribution in [-0.2, 0) is 16.1 Å². The molecule has 1 aliphatic heterocycles. The van der Waals surface area contributed by atoms with E-state index in [4.69, 9.17) is 0 Å². The molecule has 1 fully saturated rings. The van der Waals surface area contributed by atoms with Crippen LogP contribution in [0.1, 0.15) is 19.8 Å². The van der Waals surface area contributed by atoms with Crippen LogP contribution in [0.15, 0.2) is 35.8 Å². The summed E-state index contributed by atoms with van der Waals surface area (Å²) in [7, 11) is 0. The number of carbonyl (C=O) groups excluding carboxylic acids is 2. The summed E-state index contributed by atoms with van der Waals surface area (Å²) in [6.45, 7) is 7.93. The largest absolute Gasteiger partial charge is 0.342 e. The monoisotopic (exact) mass is 448 g/mol. The van der Waals surface area contributed by atoms with E-state index < -0.39 is 4.92 Å². The maximum absolute atomic E-state index is 12.4. The Morgan fingerprint density at radius 1 is 1.37 bits per heavy atom. The number of nitro groups is 1. The van der Waals surface area contributed by atoms with Crippen LogP contribution >= 0.6 is 23.1 Å². The lowest BCUT2D eigenvalue weighted by Crippen LogP contribution is -2.39. The van der Waals surface area contributed by atoms with Crippen molar-refractivity contribution >= 4 is 50.8 Å². The molecule has 1 aliphatic rings. The lowest BCUT2D eigenvalue weighted by Gasteiger charge is -2.30. The van der Waals surface area contributed by atoms with Gasteiger partial charge in [-0.2, -0.15) is 4.99 Å². The number of amides is 2. The molecule has 2 amide bonds. The highest BCUT2D eigenvalue weighted by atomic mass is 32.2. The summed E-state index contributed by atoms with van der Waals surface area (Å²) < 4.78 is 2.49. The molecule has 0 atom stereocenters. The van der Waals surface area contributed by atoms with E-state index in [2.05, 4.69) is 18.5 Å². The van der Waals surface area contributed by atoms with Gasteiger partial charge in [-0.15, -0.1) is 18.3 Å². The number of piperidine rings is 1. The summed E-state index contributed by atoms with van der Waals surface area (Å²) in [4.78, 5) is 41.7. The number of hydrogen-bond acceptors (Lipinski definition) is 6. The quantitative estimate of drug-likeness (QED) is 0.368. The second-order valence-electron chi connectivity index (χ2n) is 7.25. The van der Waals surface area contributed by atoms with Crippen LogP contribution in [0.2, 0.25) is 0 Å². The minimum atomic E-state index is -0.449. The fraction of sp³-hybridized carbons (Fsp3) is 0.450. The summed E-state index contributed by atoms with van der Waals surface area (Å²) in [5, 5.41) is 11.0. The van der Waals surface area contributed by atoms with Crippen LogP contribution in [0, 0.1) is 16.0 Å². The van der Waals surface area contributed by atoms with Crippen molar-refractivity contribution in [1.82, 2.24) is 9.47 Å². The topological polar surface area (TPSA) is 97.8 Å². The smallest absolute Gasteiger partial charge is 0.270 e. The van der Waals surface area contributed by atoms with Crippen molar-refractivity contribution in [2.75, 3.05) is 24.6 Å². The molecule has 0 aliphatic carbocycles. The minimum Gasteiger partial charge on any atom is -0.342 e. The molecule has 10 heteroatoms. The van der Waals surface area contributed by atoms with Crippen molar-refractivity contribution in [3.63, 3.8) is 0 Å². The highest BCUT2D eigenvalue weighted by Crippen LogP contribution is 2.23. The van der Waals surface area contributed by atoms with Gasteiger partial charge in [-0.1, -0.05) is 24.3 Å². The lowest BCUT2D eigenvalue weighted by molar-refractivity contribution is -0.384. The Morgan fingerprint density at radius 2 is 2.10 bits per heavy atom. The first-order valence-electron chi connectivity index (χ1n) is 9.70. The molecule has 8 nitrogen and oxygen atoms in total. The number of thiazole rings is 1. The molecule has 0 unspecified atom stereocenters. The maximum atomic E-state index is 12.4. The highest BCUT2D eigenvalue weighted by molar-refractivity contribution is 8.00. The van der Waals surface area contributed by atoms with Crippen LogP contribution in [0.4, 0.5) is 5.69 Å². The Kier molecular flexibility index (Phi) is 7.43. The molecule has 3 rings (SSSR count). The number of allylic oxidation sites excluding steroid dienone is 1. The molecule has 2 heterocycles. The molecule has 2 aromatic rings. The molecule has 0 bridgehead atoms. The van der Waals surface area contributed by atoms with Crippen LogP contribution in [-0.4, -0.2) is 50.8 Å². The average Bonchev–Trinajstić information content (AvgIpc) is 3.05. The number of aromatic nitrogens is 1. The molecule has 1 aromatic heterocycles. The molecule has 1 aromatic carbocycles. The number of benzene rings is 1. The predicted octanol–water partition coefficient (Wildman–Crippen LogP) is 3.22. The number of hydrogen-bond donors (Lipinski definition) is 0. The summed E-state index contributed by atoms with van der Waals surface area (Å²) >= 11 is 2.49. The van der Waals surface area contributed by atoms with Crippen molar-refractivity contribution in [3.05, 3.63) is 45.8 Å². The minimum absolute atomic E-state index is 0.00597. The van der Waals surface area contributed by atoms with Gasteiger partial charge < -0.3 is 9.47 Å². The van der Waals surface area contributed by atoms with Gasteiger partial charge in [0.1, 0.15) is 0 Å². The van der Waals surface area contributed by atoms with E-state index in [0.717, 1.165) is 31.4 Å². The van der Waals surface area contributed by atoms with Gasteiger partial charge in [-0.25, -0.2) is 0 Å². The number of non-ortho nitro benzene ring substituents is 1. The zero-order valence-corrected chi connectivity index (χ0v) is 18.4. The fourth-order valence-electron chi connectivity index (χ4n) is 3.28. The Morgan fingerprint density at radius 3 is 2.77 bits per heavy atom. The molecule has 30 heavy (non-hydrogen) atoms. The van der Waals surface area contributed by atoms with Crippen molar-refractivity contribution in [1.29, 1.82) is 0 Å². The third-order valence-corrected chi connectivity index (χ3v) is 6.94.